The van der Waals surface area contributed by atoms with Crippen LogP contribution in [0.1, 0.15) is 5.56 Å². The Kier molecular flexibility index (Phi) is 9.11. The maximum absolute atomic E-state index is 12.2. The van der Waals surface area contributed by atoms with Gasteiger partial charge in [-0.1, -0.05) is 6.07 Å². The third-order valence-corrected chi connectivity index (χ3v) is 4.43. The molecule has 0 unspecified atom stereocenters. The molecule has 0 bridgehead atoms. The molecule has 0 aromatic heterocycles. The smallest absolute Gasteiger partial charge is 0.263 e. The monoisotopic (exact) mass is 388 g/mol. The minimum absolute atomic E-state index is 0.0642. The molecule has 0 spiro atoms. The van der Waals surface area contributed by atoms with Crippen molar-refractivity contribution in [2.24, 2.45) is 0 Å². The molecule has 1 saturated heterocycles. The number of nitrogens with one attached hydrogen (secondary N) is 2. The molecule has 0 aliphatic carbocycles. The number of nitrogens with zero attached hydrogens (tertiary/aromatic N) is 2. The molecule has 28 heavy (non-hydrogen) atoms. The second kappa shape index (κ2) is 11.8. The van der Waals surface area contributed by atoms with Gasteiger partial charge in [-0.15, -0.1) is 0 Å². The molecule has 1 fully saturated rings. The van der Waals surface area contributed by atoms with Crippen LogP contribution in [-0.4, -0.2) is 71.0 Å². The first kappa shape index (κ1) is 21.5. The van der Waals surface area contributed by atoms with E-state index in [1.54, 1.807) is 14.2 Å². The first-order chi connectivity index (χ1) is 13.7. The van der Waals surface area contributed by atoms with Crippen LogP contribution in [0.25, 0.3) is 0 Å². The normalized spacial score (nSPS) is 14.8. The van der Waals surface area contributed by atoms with Crippen LogP contribution in [0, 0.1) is 11.3 Å². The summed E-state index contributed by atoms with van der Waals surface area (Å²) in [5.41, 5.74) is 1.07. The molecule has 1 aliphatic rings. The van der Waals surface area contributed by atoms with E-state index in [1.165, 1.54) is 6.20 Å². The van der Waals surface area contributed by atoms with Crippen LogP contribution < -0.4 is 20.1 Å². The van der Waals surface area contributed by atoms with Gasteiger partial charge in [-0.25, -0.2) is 0 Å². The summed E-state index contributed by atoms with van der Waals surface area (Å²) in [5, 5.41) is 15.0. The van der Waals surface area contributed by atoms with Gasteiger partial charge in [0.1, 0.15) is 11.6 Å². The number of amides is 1. The zero-order valence-electron chi connectivity index (χ0n) is 16.5. The van der Waals surface area contributed by atoms with Crippen LogP contribution in [0.3, 0.4) is 0 Å². The van der Waals surface area contributed by atoms with Crippen molar-refractivity contribution in [3.05, 3.63) is 35.5 Å². The minimum Gasteiger partial charge on any atom is -0.493 e. The zero-order chi connectivity index (χ0) is 20.2. The van der Waals surface area contributed by atoms with Gasteiger partial charge in [0.25, 0.3) is 5.91 Å². The molecule has 1 heterocycles. The van der Waals surface area contributed by atoms with E-state index in [-0.39, 0.29) is 11.5 Å². The largest absolute Gasteiger partial charge is 0.493 e. The van der Waals surface area contributed by atoms with E-state index in [9.17, 15) is 10.1 Å². The lowest BCUT2D eigenvalue weighted by atomic mass is 10.1. The third kappa shape index (κ3) is 6.76. The van der Waals surface area contributed by atoms with Crippen molar-refractivity contribution in [3.63, 3.8) is 0 Å². The predicted molar refractivity (Wildman–Crippen MR) is 105 cm³/mol. The van der Waals surface area contributed by atoms with Gasteiger partial charge in [0.15, 0.2) is 11.5 Å². The van der Waals surface area contributed by atoms with Crippen LogP contribution in [0.4, 0.5) is 0 Å². The summed E-state index contributed by atoms with van der Waals surface area (Å²) in [7, 11) is 3.17. The van der Waals surface area contributed by atoms with E-state index < -0.39 is 0 Å². The van der Waals surface area contributed by atoms with Crippen molar-refractivity contribution < 1.29 is 19.0 Å². The van der Waals surface area contributed by atoms with Gasteiger partial charge in [-0.3, -0.25) is 9.69 Å². The molecule has 0 atom stereocenters. The van der Waals surface area contributed by atoms with Crippen molar-refractivity contribution in [2.75, 3.05) is 60.2 Å². The molecule has 2 N–H and O–H groups in total. The van der Waals surface area contributed by atoms with Crippen LogP contribution in [0.15, 0.2) is 30.0 Å². The van der Waals surface area contributed by atoms with Crippen LogP contribution in [-0.2, 0) is 16.0 Å². The Morgan fingerprint density at radius 1 is 1.25 bits per heavy atom. The summed E-state index contributed by atoms with van der Waals surface area (Å²) in [6.45, 7) is 5.26. The van der Waals surface area contributed by atoms with E-state index in [0.29, 0.717) is 31.0 Å². The van der Waals surface area contributed by atoms with Gasteiger partial charge in [0.05, 0.1) is 27.4 Å². The Morgan fingerprint density at radius 3 is 2.68 bits per heavy atom. The fraction of sp³-hybridized carbons (Fsp3) is 0.500. The van der Waals surface area contributed by atoms with Crippen molar-refractivity contribution in [1.82, 2.24) is 15.5 Å². The standard InChI is InChI=1S/C20H28N4O4/c1-26-18-4-3-16(13-19(18)27-2)5-6-23-20(25)17(14-21)15-22-7-8-24-9-11-28-12-10-24/h3-4,13,15,22H,5-12H2,1-2H3,(H,23,25)/b17-15-. The summed E-state index contributed by atoms with van der Waals surface area (Å²) >= 11 is 0. The quantitative estimate of drug-likeness (QED) is 0.346. The van der Waals surface area contributed by atoms with E-state index >= 15 is 0 Å². The molecule has 1 aliphatic heterocycles. The molecule has 0 radical (unpaired) electrons. The zero-order valence-corrected chi connectivity index (χ0v) is 16.5. The summed E-state index contributed by atoms with van der Waals surface area (Å²) in [4.78, 5) is 14.4. The van der Waals surface area contributed by atoms with Gasteiger partial charge in [0.2, 0.25) is 0 Å². The second-order valence-electron chi connectivity index (χ2n) is 6.27. The molecule has 8 heteroatoms. The Bertz CT molecular complexity index is 709. The van der Waals surface area contributed by atoms with Crippen molar-refractivity contribution in [2.45, 2.75) is 6.42 Å². The molecule has 8 nitrogen and oxygen atoms in total. The predicted octanol–water partition coefficient (Wildman–Crippen LogP) is 0.692. The fourth-order valence-electron chi connectivity index (χ4n) is 2.82. The second-order valence-corrected chi connectivity index (χ2v) is 6.27. The molecule has 1 aromatic carbocycles. The van der Waals surface area contributed by atoms with Crippen molar-refractivity contribution >= 4 is 5.91 Å². The first-order valence-electron chi connectivity index (χ1n) is 9.30. The lowest BCUT2D eigenvalue weighted by molar-refractivity contribution is -0.117. The lowest BCUT2D eigenvalue weighted by Gasteiger charge is -2.26. The number of hydrogen-bond donors (Lipinski definition) is 2. The Hall–Kier alpha value is -2.76. The highest BCUT2D eigenvalue weighted by molar-refractivity contribution is 5.97. The number of rotatable bonds is 10. The maximum Gasteiger partial charge on any atom is 0.263 e. The van der Waals surface area contributed by atoms with E-state index in [4.69, 9.17) is 14.2 Å². The SMILES string of the molecule is COc1ccc(CCNC(=O)/C(C#N)=C\NCCN2CCOCC2)cc1OC. The number of ether oxygens (including phenoxy) is 3. The molecule has 0 saturated carbocycles. The number of methoxy groups -OCH3 is 2. The van der Waals surface area contributed by atoms with Crippen LogP contribution >= 0.6 is 0 Å². The van der Waals surface area contributed by atoms with Crippen molar-refractivity contribution in [3.8, 4) is 17.6 Å². The number of nitriles is 1. The Morgan fingerprint density at radius 2 is 2.00 bits per heavy atom. The Labute approximate surface area is 166 Å². The molecule has 1 aromatic rings. The average Bonchev–Trinajstić information content (AvgIpc) is 2.74. The van der Waals surface area contributed by atoms with Crippen molar-refractivity contribution in [1.29, 1.82) is 5.26 Å². The molecule has 152 valence electrons. The van der Waals surface area contributed by atoms with Gasteiger partial charge < -0.3 is 24.8 Å². The fourth-order valence-corrected chi connectivity index (χ4v) is 2.82. The molecular formula is C20H28N4O4. The number of hydrogen-bond acceptors (Lipinski definition) is 7. The van der Waals surface area contributed by atoms with Gasteiger partial charge >= 0.3 is 0 Å². The van der Waals surface area contributed by atoms with Gasteiger partial charge in [-0.2, -0.15) is 5.26 Å². The number of morpholine rings is 1. The topological polar surface area (TPSA) is 95.8 Å². The summed E-state index contributed by atoms with van der Waals surface area (Å²) in [6, 6.07) is 7.56. The van der Waals surface area contributed by atoms with E-state index in [0.717, 1.165) is 38.4 Å². The number of carbonyl (C=O) groups is 1. The third-order valence-electron chi connectivity index (χ3n) is 4.43. The Balaban J connectivity index is 1.74. The highest BCUT2D eigenvalue weighted by atomic mass is 16.5. The van der Waals surface area contributed by atoms with E-state index in [2.05, 4.69) is 15.5 Å². The number of benzene rings is 1. The maximum atomic E-state index is 12.2. The lowest BCUT2D eigenvalue weighted by Crippen LogP contribution is -2.39. The van der Waals surface area contributed by atoms with Crippen LogP contribution in [0.5, 0.6) is 11.5 Å². The van der Waals surface area contributed by atoms with E-state index in [1.807, 2.05) is 24.3 Å². The van der Waals surface area contributed by atoms with Crippen LogP contribution in [0.2, 0.25) is 0 Å². The molecular weight excluding hydrogens is 360 g/mol. The molecule has 1 amide bonds. The highest BCUT2D eigenvalue weighted by Gasteiger charge is 2.11. The molecule has 2 rings (SSSR count). The minimum atomic E-state index is -0.387. The number of carbonyl (C=O) groups excluding carboxylic acids is 1. The highest BCUT2D eigenvalue weighted by Crippen LogP contribution is 2.27. The van der Waals surface area contributed by atoms with Gasteiger partial charge in [-0.05, 0) is 24.1 Å². The summed E-state index contributed by atoms with van der Waals surface area (Å²) in [6.07, 6.45) is 2.10. The van der Waals surface area contributed by atoms with Gasteiger partial charge in [0, 0.05) is 38.9 Å². The first-order valence-corrected chi connectivity index (χ1v) is 9.30. The summed E-state index contributed by atoms with van der Waals surface area (Å²) < 4.78 is 15.8. The summed E-state index contributed by atoms with van der Waals surface area (Å²) in [5.74, 6) is 0.920. The average molecular weight is 388 g/mol.